The summed E-state index contributed by atoms with van der Waals surface area (Å²) in [6.07, 6.45) is 4.00. The topological polar surface area (TPSA) is 38.2 Å². The summed E-state index contributed by atoms with van der Waals surface area (Å²) >= 11 is 5.77. The molecule has 1 unspecified atom stereocenters. The molecule has 0 amide bonds. The van der Waals surface area contributed by atoms with Gasteiger partial charge in [0, 0.05) is 31.2 Å². The van der Waals surface area contributed by atoms with E-state index >= 15 is 0 Å². The third-order valence-electron chi connectivity index (χ3n) is 3.00. The highest BCUT2D eigenvalue weighted by molar-refractivity contribution is 6.17. The summed E-state index contributed by atoms with van der Waals surface area (Å²) in [7, 11) is 0. The second kappa shape index (κ2) is 6.05. The van der Waals surface area contributed by atoms with E-state index in [-0.39, 0.29) is 0 Å². The molecule has 5 heteroatoms. The molecule has 1 aromatic rings. The van der Waals surface area contributed by atoms with Gasteiger partial charge < -0.3 is 9.64 Å². The van der Waals surface area contributed by atoms with Crippen LogP contribution in [-0.4, -0.2) is 35.5 Å². The minimum Gasteiger partial charge on any atom is -0.478 e. The number of nitrogens with zero attached hydrogens (tertiary/aromatic N) is 3. The Hall–Kier alpha value is -1.03. The van der Waals surface area contributed by atoms with Gasteiger partial charge in [-0.3, -0.25) is 0 Å². The molecule has 1 saturated heterocycles. The predicted molar refractivity (Wildman–Crippen MR) is 68.9 cm³/mol. The summed E-state index contributed by atoms with van der Waals surface area (Å²) in [5.41, 5.74) is 0. The van der Waals surface area contributed by atoms with E-state index in [1.54, 1.807) is 12.3 Å². The van der Waals surface area contributed by atoms with Crippen molar-refractivity contribution in [1.29, 1.82) is 0 Å². The highest BCUT2D eigenvalue weighted by Gasteiger charge is 2.23. The molecule has 0 saturated carbocycles. The number of alkyl halides is 1. The van der Waals surface area contributed by atoms with Crippen LogP contribution in [0.25, 0.3) is 0 Å². The largest absolute Gasteiger partial charge is 0.478 e. The fraction of sp³-hybridized carbons (Fsp3) is 0.667. The van der Waals surface area contributed by atoms with Crippen molar-refractivity contribution in [2.45, 2.75) is 19.8 Å². The van der Waals surface area contributed by atoms with Gasteiger partial charge in [-0.1, -0.05) is 0 Å². The van der Waals surface area contributed by atoms with Crippen molar-refractivity contribution in [2.24, 2.45) is 5.92 Å². The lowest BCUT2D eigenvalue weighted by molar-refractivity contribution is 0.326. The summed E-state index contributed by atoms with van der Waals surface area (Å²) in [5.74, 6) is 2.83. The number of hydrogen-bond donors (Lipinski definition) is 0. The first-order valence-corrected chi connectivity index (χ1v) is 6.63. The van der Waals surface area contributed by atoms with Crippen LogP contribution < -0.4 is 9.64 Å². The molecule has 0 spiro atoms. The Morgan fingerprint density at radius 1 is 1.59 bits per heavy atom. The molecular weight excluding hydrogens is 238 g/mol. The standard InChI is InChI=1S/C12H18ClN3O/c1-2-17-11-4-7-14-12(15-11)16-8-5-10(9-16)3-6-13/h4,7,10H,2-3,5-6,8-9H2,1H3. The molecule has 1 aliphatic heterocycles. The van der Waals surface area contributed by atoms with Gasteiger partial charge in [0.15, 0.2) is 0 Å². The SMILES string of the molecule is CCOc1ccnc(N2CCC(CCCl)C2)n1. The molecule has 1 atom stereocenters. The van der Waals surface area contributed by atoms with Crippen LogP contribution in [0.3, 0.4) is 0 Å². The second-order valence-corrected chi connectivity index (χ2v) is 4.58. The molecule has 1 aliphatic rings. The summed E-state index contributed by atoms with van der Waals surface area (Å²) in [6.45, 7) is 4.60. The lowest BCUT2D eigenvalue weighted by atomic mass is 10.1. The Morgan fingerprint density at radius 3 is 3.24 bits per heavy atom. The maximum Gasteiger partial charge on any atom is 0.228 e. The number of anilines is 1. The third-order valence-corrected chi connectivity index (χ3v) is 3.21. The molecule has 0 N–H and O–H groups in total. The Labute approximate surface area is 107 Å². The summed E-state index contributed by atoms with van der Waals surface area (Å²) in [5, 5.41) is 0. The zero-order chi connectivity index (χ0) is 12.1. The van der Waals surface area contributed by atoms with Gasteiger partial charge in [0.1, 0.15) is 0 Å². The molecule has 2 rings (SSSR count). The first-order chi connectivity index (χ1) is 8.33. The van der Waals surface area contributed by atoms with E-state index in [0.29, 0.717) is 18.4 Å². The van der Waals surface area contributed by atoms with Gasteiger partial charge in [0.2, 0.25) is 11.8 Å². The van der Waals surface area contributed by atoms with Gasteiger partial charge in [-0.15, -0.1) is 11.6 Å². The first kappa shape index (κ1) is 12.4. The van der Waals surface area contributed by atoms with Crippen molar-refractivity contribution in [3.8, 4) is 5.88 Å². The van der Waals surface area contributed by atoms with Gasteiger partial charge in [0.05, 0.1) is 6.61 Å². The Morgan fingerprint density at radius 2 is 2.47 bits per heavy atom. The highest BCUT2D eigenvalue weighted by Crippen LogP contribution is 2.24. The molecule has 94 valence electrons. The maximum absolute atomic E-state index is 5.77. The quantitative estimate of drug-likeness (QED) is 0.757. The molecule has 4 nitrogen and oxygen atoms in total. The normalized spacial score (nSPS) is 19.6. The zero-order valence-electron chi connectivity index (χ0n) is 10.1. The van der Waals surface area contributed by atoms with Gasteiger partial charge in [0.25, 0.3) is 0 Å². The fourth-order valence-electron chi connectivity index (χ4n) is 2.12. The van der Waals surface area contributed by atoms with Crippen LogP contribution in [0.15, 0.2) is 12.3 Å². The van der Waals surface area contributed by atoms with Crippen LogP contribution in [0.1, 0.15) is 19.8 Å². The molecule has 1 fully saturated rings. The van der Waals surface area contributed by atoms with E-state index < -0.39 is 0 Å². The summed E-state index contributed by atoms with van der Waals surface area (Å²) < 4.78 is 5.38. The van der Waals surface area contributed by atoms with E-state index in [0.717, 1.165) is 31.3 Å². The first-order valence-electron chi connectivity index (χ1n) is 6.10. The maximum atomic E-state index is 5.77. The predicted octanol–water partition coefficient (Wildman–Crippen LogP) is 2.33. The van der Waals surface area contributed by atoms with Crippen LogP contribution in [-0.2, 0) is 0 Å². The van der Waals surface area contributed by atoms with Gasteiger partial charge in [-0.05, 0) is 25.7 Å². The molecule has 0 aromatic carbocycles. The third kappa shape index (κ3) is 3.22. The monoisotopic (exact) mass is 255 g/mol. The minimum atomic E-state index is 0.630. The molecule has 0 bridgehead atoms. The number of hydrogen-bond acceptors (Lipinski definition) is 4. The molecule has 1 aromatic heterocycles. The van der Waals surface area contributed by atoms with Crippen LogP contribution in [0.4, 0.5) is 5.95 Å². The molecular formula is C12H18ClN3O. The number of rotatable bonds is 5. The Bertz CT molecular complexity index is 361. The second-order valence-electron chi connectivity index (χ2n) is 4.21. The van der Waals surface area contributed by atoms with Crippen molar-refractivity contribution in [2.75, 3.05) is 30.5 Å². The number of ether oxygens (including phenoxy) is 1. The van der Waals surface area contributed by atoms with E-state index in [1.165, 1.54) is 6.42 Å². The summed E-state index contributed by atoms with van der Waals surface area (Å²) in [4.78, 5) is 10.9. The van der Waals surface area contributed by atoms with Crippen LogP contribution >= 0.6 is 11.6 Å². The summed E-state index contributed by atoms with van der Waals surface area (Å²) in [6, 6.07) is 1.79. The molecule has 2 heterocycles. The van der Waals surface area contributed by atoms with Gasteiger partial charge in [-0.25, -0.2) is 4.98 Å². The van der Waals surface area contributed by atoms with E-state index in [4.69, 9.17) is 16.3 Å². The molecule has 0 aliphatic carbocycles. The van der Waals surface area contributed by atoms with E-state index in [9.17, 15) is 0 Å². The Kier molecular flexibility index (Phi) is 4.42. The lowest BCUT2D eigenvalue weighted by Crippen LogP contribution is -2.22. The minimum absolute atomic E-state index is 0.630. The average molecular weight is 256 g/mol. The van der Waals surface area contributed by atoms with Crippen molar-refractivity contribution < 1.29 is 4.74 Å². The average Bonchev–Trinajstić information content (AvgIpc) is 2.79. The number of halogens is 1. The van der Waals surface area contributed by atoms with E-state index in [2.05, 4.69) is 14.9 Å². The molecule has 17 heavy (non-hydrogen) atoms. The molecule has 0 radical (unpaired) electrons. The highest BCUT2D eigenvalue weighted by atomic mass is 35.5. The van der Waals surface area contributed by atoms with Gasteiger partial charge in [-0.2, -0.15) is 4.98 Å². The lowest BCUT2D eigenvalue weighted by Gasteiger charge is -2.16. The van der Waals surface area contributed by atoms with Crippen LogP contribution in [0.5, 0.6) is 5.88 Å². The van der Waals surface area contributed by atoms with Crippen molar-refractivity contribution in [3.63, 3.8) is 0 Å². The Balaban J connectivity index is 2.00. The zero-order valence-corrected chi connectivity index (χ0v) is 10.9. The van der Waals surface area contributed by atoms with Crippen molar-refractivity contribution >= 4 is 17.5 Å². The number of aromatic nitrogens is 2. The van der Waals surface area contributed by atoms with Gasteiger partial charge >= 0.3 is 0 Å². The van der Waals surface area contributed by atoms with E-state index in [1.807, 2.05) is 6.92 Å². The smallest absolute Gasteiger partial charge is 0.228 e. The van der Waals surface area contributed by atoms with Crippen molar-refractivity contribution in [3.05, 3.63) is 12.3 Å². The van der Waals surface area contributed by atoms with Crippen molar-refractivity contribution in [1.82, 2.24) is 9.97 Å². The fourth-order valence-corrected chi connectivity index (χ4v) is 2.43. The van der Waals surface area contributed by atoms with Crippen LogP contribution in [0, 0.1) is 5.92 Å². The van der Waals surface area contributed by atoms with Crippen LogP contribution in [0.2, 0.25) is 0 Å².